The fraction of sp³-hybridized carbons (Fsp3) is 0.250. The molecule has 0 spiro atoms. The average Bonchev–Trinajstić information content (AvgIpc) is 2.22. The molecule has 0 atom stereocenters. The van der Waals surface area contributed by atoms with E-state index in [0.717, 1.165) is 0 Å². The van der Waals surface area contributed by atoms with Crippen LogP contribution in [-0.2, 0) is 4.79 Å². The lowest BCUT2D eigenvalue weighted by molar-refractivity contribution is -0.109. The molecule has 0 heterocycles. The van der Waals surface area contributed by atoms with Gasteiger partial charge in [0.25, 0.3) is 0 Å². The van der Waals surface area contributed by atoms with E-state index in [0.29, 0.717) is 23.4 Å². The Bertz CT molecular complexity index is 448. The summed E-state index contributed by atoms with van der Waals surface area (Å²) in [6.45, 7) is 1.51. The molecule has 1 aromatic carbocycles. The van der Waals surface area contributed by atoms with Crippen LogP contribution in [0.5, 0.6) is 0 Å². The molecule has 0 radical (unpaired) electrons. The number of nitrogen functional groups attached to an aromatic ring is 1. The third-order valence-electron chi connectivity index (χ3n) is 1.75. The van der Waals surface area contributed by atoms with Crippen molar-refractivity contribution in [3.63, 3.8) is 0 Å². The van der Waals surface area contributed by atoms with Crippen LogP contribution in [0.3, 0.4) is 0 Å². The van der Waals surface area contributed by atoms with Gasteiger partial charge in [0, 0.05) is 24.8 Å². The fourth-order valence-corrected chi connectivity index (χ4v) is 1.53. The fourth-order valence-electron chi connectivity index (χ4n) is 1.04. The summed E-state index contributed by atoms with van der Waals surface area (Å²) in [5.74, 6) is 5.76. The number of nitrogens with two attached hydrogens (primary N) is 1. The molecule has 1 rings (SSSR count). The van der Waals surface area contributed by atoms with Crippen molar-refractivity contribution in [1.82, 2.24) is 0 Å². The third kappa shape index (κ3) is 4.37. The van der Waals surface area contributed by atoms with E-state index in [9.17, 15) is 9.18 Å². The molecule has 0 saturated carbocycles. The summed E-state index contributed by atoms with van der Waals surface area (Å²) in [5.41, 5.74) is 6.30. The van der Waals surface area contributed by atoms with Crippen molar-refractivity contribution in [3.8, 4) is 11.8 Å². The van der Waals surface area contributed by atoms with Crippen LogP contribution >= 0.6 is 11.8 Å². The molecular formula is C12H12FNOS. The van der Waals surface area contributed by atoms with E-state index in [-0.39, 0.29) is 10.9 Å². The van der Waals surface area contributed by atoms with E-state index in [1.807, 2.05) is 0 Å². The summed E-state index contributed by atoms with van der Waals surface area (Å²) < 4.78 is 13.2. The van der Waals surface area contributed by atoms with Crippen LogP contribution in [0.2, 0.25) is 0 Å². The molecule has 0 amide bonds. The van der Waals surface area contributed by atoms with Crippen LogP contribution in [0, 0.1) is 17.7 Å². The lowest BCUT2D eigenvalue weighted by Crippen LogP contribution is -1.89. The smallest absolute Gasteiger partial charge is 0.185 e. The Balaban J connectivity index is 2.56. The molecule has 2 nitrogen and oxygen atoms in total. The normalized spacial score (nSPS) is 9.38. The highest BCUT2D eigenvalue weighted by Gasteiger charge is 1.98. The second kappa shape index (κ2) is 6.19. The Labute approximate surface area is 98.4 Å². The van der Waals surface area contributed by atoms with Gasteiger partial charge in [0.1, 0.15) is 5.82 Å². The quantitative estimate of drug-likeness (QED) is 0.488. The van der Waals surface area contributed by atoms with Crippen LogP contribution < -0.4 is 5.73 Å². The largest absolute Gasteiger partial charge is 0.399 e. The molecule has 84 valence electrons. The first-order valence-electron chi connectivity index (χ1n) is 4.77. The lowest BCUT2D eigenvalue weighted by atomic mass is 10.2. The maximum absolute atomic E-state index is 13.2. The Hall–Kier alpha value is -1.47. The van der Waals surface area contributed by atoms with Gasteiger partial charge >= 0.3 is 0 Å². The van der Waals surface area contributed by atoms with Gasteiger partial charge < -0.3 is 5.73 Å². The van der Waals surface area contributed by atoms with Crippen LogP contribution in [-0.4, -0.2) is 10.9 Å². The number of carbonyl (C=O) groups excluding carboxylic acids is 1. The van der Waals surface area contributed by atoms with Gasteiger partial charge in [-0.2, -0.15) is 0 Å². The molecule has 0 bridgehead atoms. The molecule has 0 unspecified atom stereocenters. The Kier molecular flexibility index (Phi) is 4.87. The number of thioether (sulfide) groups is 1. The van der Waals surface area contributed by atoms with Gasteiger partial charge in [0.2, 0.25) is 0 Å². The minimum atomic E-state index is -0.374. The molecule has 0 aromatic heterocycles. The van der Waals surface area contributed by atoms with Crippen molar-refractivity contribution in [2.75, 3.05) is 11.5 Å². The topological polar surface area (TPSA) is 43.1 Å². The van der Waals surface area contributed by atoms with Crippen LogP contribution in [0.15, 0.2) is 18.2 Å². The van der Waals surface area contributed by atoms with Gasteiger partial charge in [-0.1, -0.05) is 23.6 Å². The molecule has 2 N–H and O–H groups in total. The van der Waals surface area contributed by atoms with E-state index in [1.165, 1.54) is 36.9 Å². The zero-order chi connectivity index (χ0) is 12.0. The second-order valence-corrected chi connectivity index (χ2v) is 4.40. The summed E-state index contributed by atoms with van der Waals surface area (Å²) in [5, 5.41) is 0.0666. The predicted octanol–water partition coefficient (Wildman–Crippen LogP) is 2.43. The number of hydrogen-bond donors (Lipinski definition) is 1. The van der Waals surface area contributed by atoms with Crippen LogP contribution in [0.1, 0.15) is 18.9 Å². The van der Waals surface area contributed by atoms with Crippen molar-refractivity contribution in [3.05, 3.63) is 29.6 Å². The monoisotopic (exact) mass is 237 g/mol. The molecular weight excluding hydrogens is 225 g/mol. The van der Waals surface area contributed by atoms with E-state index in [2.05, 4.69) is 11.8 Å². The minimum Gasteiger partial charge on any atom is -0.399 e. The van der Waals surface area contributed by atoms with Gasteiger partial charge in [-0.25, -0.2) is 4.39 Å². The zero-order valence-corrected chi connectivity index (χ0v) is 9.73. The van der Waals surface area contributed by atoms with Crippen molar-refractivity contribution in [1.29, 1.82) is 0 Å². The highest BCUT2D eigenvalue weighted by molar-refractivity contribution is 8.13. The van der Waals surface area contributed by atoms with E-state index in [4.69, 9.17) is 5.73 Å². The standard InChI is InChI=1S/C12H12FNOS/c1-9(15)16-7-3-2-4-10-8-11(14)5-6-12(10)13/h5-6,8H,3,7,14H2,1H3. The molecule has 0 fully saturated rings. The number of benzene rings is 1. The summed E-state index contributed by atoms with van der Waals surface area (Å²) in [4.78, 5) is 10.6. The summed E-state index contributed by atoms with van der Waals surface area (Å²) >= 11 is 1.21. The first-order chi connectivity index (χ1) is 7.59. The third-order valence-corrected chi connectivity index (χ3v) is 2.56. The summed E-state index contributed by atoms with van der Waals surface area (Å²) in [6.07, 6.45) is 0.554. The lowest BCUT2D eigenvalue weighted by Gasteiger charge is -1.95. The molecule has 0 aliphatic heterocycles. The highest BCUT2D eigenvalue weighted by Crippen LogP contribution is 2.10. The van der Waals surface area contributed by atoms with Gasteiger partial charge in [0.15, 0.2) is 5.12 Å². The number of anilines is 1. The molecule has 0 saturated heterocycles. The van der Waals surface area contributed by atoms with Gasteiger partial charge in [-0.05, 0) is 18.2 Å². The van der Waals surface area contributed by atoms with E-state index < -0.39 is 0 Å². The molecule has 0 aliphatic rings. The molecule has 4 heteroatoms. The van der Waals surface area contributed by atoms with Crippen LogP contribution in [0.4, 0.5) is 10.1 Å². The number of halogens is 1. The van der Waals surface area contributed by atoms with E-state index >= 15 is 0 Å². The summed E-state index contributed by atoms with van der Waals surface area (Å²) in [7, 11) is 0. The predicted molar refractivity (Wildman–Crippen MR) is 65.4 cm³/mol. The van der Waals surface area contributed by atoms with Crippen molar-refractivity contribution < 1.29 is 9.18 Å². The molecule has 1 aromatic rings. The maximum atomic E-state index is 13.2. The Morgan fingerprint density at radius 3 is 3.00 bits per heavy atom. The minimum absolute atomic E-state index is 0.0666. The Morgan fingerprint density at radius 1 is 1.56 bits per heavy atom. The van der Waals surface area contributed by atoms with Crippen molar-refractivity contribution >= 4 is 22.6 Å². The highest BCUT2D eigenvalue weighted by atomic mass is 32.2. The molecule has 0 aliphatic carbocycles. The summed E-state index contributed by atoms with van der Waals surface area (Å²) in [6, 6.07) is 4.29. The van der Waals surface area contributed by atoms with Crippen molar-refractivity contribution in [2.45, 2.75) is 13.3 Å². The zero-order valence-electron chi connectivity index (χ0n) is 8.92. The average molecular weight is 237 g/mol. The maximum Gasteiger partial charge on any atom is 0.185 e. The van der Waals surface area contributed by atoms with E-state index in [1.54, 1.807) is 0 Å². The molecule has 16 heavy (non-hydrogen) atoms. The number of hydrogen-bond acceptors (Lipinski definition) is 3. The van der Waals surface area contributed by atoms with Crippen LogP contribution in [0.25, 0.3) is 0 Å². The SMILES string of the molecule is CC(=O)SCCC#Cc1cc(N)ccc1F. The van der Waals surface area contributed by atoms with Crippen molar-refractivity contribution in [2.24, 2.45) is 0 Å². The van der Waals surface area contributed by atoms with Gasteiger partial charge in [-0.3, -0.25) is 4.79 Å². The number of carbonyl (C=O) groups is 1. The number of rotatable bonds is 2. The second-order valence-electron chi connectivity index (χ2n) is 3.13. The first kappa shape index (κ1) is 12.6. The first-order valence-corrected chi connectivity index (χ1v) is 5.75. The Morgan fingerprint density at radius 2 is 2.31 bits per heavy atom. The van der Waals surface area contributed by atoms with Gasteiger partial charge in [0.05, 0.1) is 5.56 Å². The van der Waals surface area contributed by atoms with Gasteiger partial charge in [-0.15, -0.1) is 0 Å².